The molecule has 2 rings (SSSR count). The van der Waals surface area contributed by atoms with Gasteiger partial charge in [-0.15, -0.1) is 0 Å². The van der Waals surface area contributed by atoms with Crippen molar-refractivity contribution in [2.75, 3.05) is 13.7 Å². The molecule has 19 heavy (non-hydrogen) atoms. The van der Waals surface area contributed by atoms with Gasteiger partial charge >= 0.3 is 12.1 Å². The number of esters is 1. The summed E-state index contributed by atoms with van der Waals surface area (Å²) in [6.45, 7) is 4.34. The van der Waals surface area contributed by atoms with Gasteiger partial charge in [-0.2, -0.15) is 0 Å². The fourth-order valence-corrected chi connectivity index (χ4v) is 2.19. The van der Waals surface area contributed by atoms with Crippen molar-refractivity contribution in [1.29, 1.82) is 0 Å². The lowest BCUT2D eigenvalue weighted by Crippen LogP contribution is -2.46. The molecule has 0 radical (unpaired) electrons. The quantitative estimate of drug-likeness (QED) is 0.831. The molecule has 0 aliphatic carbocycles. The first-order chi connectivity index (χ1) is 8.94. The van der Waals surface area contributed by atoms with Gasteiger partial charge in [0.15, 0.2) is 0 Å². The van der Waals surface area contributed by atoms with E-state index in [0.717, 1.165) is 5.56 Å². The van der Waals surface area contributed by atoms with E-state index in [4.69, 9.17) is 9.47 Å². The summed E-state index contributed by atoms with van der Waals surface area (Å²) in [7, 11) is 1.34. The first-order valence-corrected chi connectivity index (χ1v) is 6.05. The number of ether oxygens (including phenoxy) is 2. The van der Waals surface area contributed by atoms with E-state index < -0.39 is 12.1 Å². The fraction of sp³-hybridized carbons (Fsp3) is 0.429. The molecule has 5 nitrogen and oxygen atoms in total. The number of carbonyl (C=O) groups excluding carboxylic acids is 2. The summed E-state index contributed by atoms with van der Waals surface area (Å²) in [6.07, 6.45) is -0.437. The number of hydrogen-bond acceptors (Lipinski definition) is 4. The molecule has 1 atom stereocenters. The van der Waals surface area contributed by atoms with Crippen molar-refractivity contribution in [3.8, 4) is 0 Å². The van der Waals surface area contributed by atoms with Crippen LogP contribution in [0.5, 0.6) is 0 Å². The maximum Gasteiger partial charge on any atom is 0.407 e. The van der Waals surface area contributed by atoms with E-state index in [9.17, 15) is 9.59 Å². The largest absolute Gasteiger partial charge is 0.465 e. The maximum atomic E-state index is 11.5. The average molecular weight is 263 g/mol. The summed E-state index contributed by atoms with van der Waals surface area (Å²) < 4.78 is 9.70. The Labute approximate surface area is 111 Å². The number of rotatable bonds is 2. The van der Waals surface area contributed by atoms with Crippen LogP contribution >= 0.6 is 0 Å². The molecule has 1 N–H and O–H groups in total. The molecule has 1 heterocycles. The van der Waals surface area contributed by atoms with Crippen LogP contribution in [0.4, 0.5) is 4.79 Å². The second-order valence-electron chi connectivity index (χ2n) is 5.26. The van der Waals surface area contributed by atoms with Gasteiger partial charge in [-0.25, -0.2) is 9.59 Å². The summed E-state index contributed by atoms with van der Waals surface area (Å²) in [6, 6.07) is 6.88. The number of alkyl carbamates (subject to hydrolysis) is 1. The van der Waals surface area contributed by atoms with Gasteiger partial charge < -0.3 is 14.8 Å². The van der Waals surface area contributed by atoms with E-state index in [0.29, 0.717) is 12.2 Å². The van der Waals surface area contributed by atoms with E-state index in [1.807, 2.05) is 19.9 Å². The Bertz CT molecular complexity index is 510. The van der Waals surface area contributed by atoms with Crippen molar-refractivity contribution in [3.63, 3.8) is 0 Å². The zero-order valence-electron chi connectivity index (χ0n) is 11.2. The van der Waals surface area contributed by atoms with Gasteiger partial charge in [-0.3, -0.25) is 0 Å². The minimum absolute atomic E-state index is 0.196. The summed E-state index contributed by atoms with van der Waals surface area (Å²) in [5.41, 5.74) is 1.09. The standard InChI is InChI=1S/C14H17NO4/c1-14(2)8-19-13(17)15-11(14)9-5-4-6-10(7-9)12(16)18-3/h4-7,11H,8H2,1-3H3,(H,15,17)/t11-/m0/s1. The molecule has 5 heteroatoms. The third kappa shape index (κ3) is 2.70. The molecule has 1 aliphatic heterocycles. The molecular weight excluding hydrogens is 246 g/mol. The number of carbonyl (C=O) groups is 2. The Morgan fingerprint density at radius 3 is 2.89 bits per heavy atom. The molecule has 0 bridgehead atoms. The molecule has 0 spiro atoms. The number of amides is 1. The highest BCUT2D eigenvalue weighted by atomic mass is 16.6. The second kappa shape index (κ2) is 4.91. The van der Waals surface area contributed by atoms with Crippen molar-refractivity contribution in [2.45, 2.75) is 19.9 Å². The van der Waals surface area contributed by atoms with Crippen LogP contribution in [-0.4, -0.2) is 25.8 Å². The molecule has 1 amide bonds. The van der Waals surface area contributed by atoms with Gasteiger partial charge in [0, 0.05) is 5.41 Å². The number of methoxy groups -OCH3 is 1. The van der Waals surface area contributed by atoms with Gasteiger partial charge in [-0.1, -0.05) is 26.0 Å². The normalized spacial score (nSPS) is 21.2. The molecule has 0 saturated carbocycles. The Kier molecular flexibility index (Phi) is 3.46. The van der Waals surface area contributed by atoms with Crippen LogP contribution in [0.1, 0.15) is 35.8 Å². The summed E-state index contributed by atoms with van der Waals surface area (Å²) >= 11 is 0. The van der Waals surface area contributed by atoms with Crippen molar-refractivity contribution in [3.05, 3.63) is 35.4 Å². The molecular formula is C14H17NO4. The summed E-state index contributed by atoms with van der Waals surface area (Å²) in [4.78, 5) is 22.9. The van der Waals surface area contributed by atoms with E-state index in [2.05, 4.69) is 5.32 Å². The van der Waals surface area contributed by atoms with E-state index in [-0.39, 0.29) is 11.5 Å². The van der Waals surface area contributed by atoms with Gasteiger partial charge in [-0.05, 0) is 17.7 Å². The molecule has 1 aliphatic rings. The van der Waals surface area contributed by atoms with Crippen LogP contribution in [-0.2, 0) is 9.47 Å². The van der Waals surface area contributed by atoms with Crippen molar-refractivity contribution in [1.82, 2.24) is 5.32 Å². The highest BCUT2D eigenvalue weighted by molar-refractivity contribution is 5.89. The highest BCUT2D eigenvalue weighted by Gasteiger charge is 2.38. The van der Waals surface area contributed by atoms with E-state index >= 15 is 0 Å². The zero-order valence-corrected chi connectivity index (χ0v) is 11.2. The van der Waals surface area contributed by atoms with Crippen molar-refractivity contribution >= 4 is 12.1 Å². The molecule has 0 unspecified atom stereocenters. The van der Waals surface area contributed by atoms with Crippen molar-refractivity contribution < 1.29 is 19.1 Å². The number of nitrogens with one attached hydrogen (secondary N) is 1. The van der Waals surface area contributed by atoms with Crippen LogP contribution in [0.15, 0.2) is 24.3 Å². The van der Waals surface area contributed by atoms with Crippen LogP contribution in [0.2, 0.25) is 0 Å². The lowest BCUT2D eigenvalue weighted by Gasteiger charge is -2.38. The number of benzene rings is 1. The lowest BCUT2D eigenvalue weighted by atomic mass is 9.80. The van der Waals surface area contributed by atoms with E-state index in [1.165, 1.54) is 7.11 Å². The predicted octanol–water partition coefficient (Wildman–Crippen LogP) is 2.28. The Balaban J connectivity index is 2.34. The summed E-state index contributed by atoms with van der Waals surface area (Å²) in [5, 5.41) is 2.79. The SMILES string of the molecule is COC(=O)c1cccc([C@@H]2NC(=O)OCC2(C)C)c1. The second-order valence-corrected chi connectivity index (χ2v) is 5.26. The Morgan fingerprint density at radius 1 is 1.47 bits per heavy atom. The number of hydrogen-bond donors (Lipinski definition) is 1. The highest BCUT2D eigenvalue weighted by Crippen LogP contribution is 2.36. The Morgan fingerprint density at radius 2 is 2.21 bits per heavy atom. The molecule has 1 fully saturated rings. The van der Waals surface area contributed by atoms with Crippen molar-refractivity contribution in [2.24, 2.45) is 5.41 Å². The molecule has 102 valence electrons. The molecule has 0 aromatic heterocycles. The molecule has 1 aromatic carbocycles. The van der Waals surface area contributed by atoms with Crippen LogP contribution < -0.4 is 5.32 Å². The Hall–Kier alpha value is -2.04. The van der Waals surface area contributed by atoms with Gasteiger partial charge in [0.25, 0.3) is 0 Å². The van der Waals surface area contributed by atoms with Gasteiger partial charge in [0.05, 0.1) is 18.7 Å². The minimum atomic E-state index is -0.437. The predicted molar refractivity (Wildman–Crippen MR) is 68.8 cm³/mol. The van der Waals surface area contributed by atoms with Gasteiger partial charge in [0.1, 0.15) is 6.61 Å². The molecule has 1 saturated heterocycles. The van der Waals surface area contributed by atoms with Crippen LogP contribution in [0.25, 0.3) is 0 Å². The zero-order chi connectivity index (χ0) is 14.0. The first kappa shape index (κ1) is 13.4. The lowest BCUT2D eigenvalue weighted by molar-refractivity contribution is 0.0387. The smallest absolute Gasteiger partial charge is 0.407 e. The average Bonchev–Trinajstić information content (AvgIpc) is 2.41. The monoisotopic (exact) mass is 263 g/mol. The third-order valence-electron chi connectivity index (χ3n) is 3.26. The first-order valence-electron chi connectivity index (χ1n) is 6.05. The number of cyclic esters (lactones) is 1. The minimum Gasteiger partial charge on any atom is -0.465 e. The van der Waals surface area contributed by atoms with E-state index in [1.54, 1.807) is 18.2 Å². The van der Waals surface area contributed by atoms with Gasteiger partial charge in [0.2, 0.25) is 0 Å². The van der Waals surface area contributed by atoms with Crippen LogP contribution in [0.3, 0.4) is 0 Å². The van der Waals surface area contributed by atoms with Crippen LogP contribution in [0, 0.1) is 5.41 Å². The molecule has 1 aromatic rings. The summed E-state index contributed by atoms with van der Waals surface area (Å²) in [5.74, 6) is -0.391. The third-order valence-corrected chi connectivity index (χ3v) is 3.26. The fourth-order valence-electron chi connectivity index (χ4n) is 2.19. The maximum absolute atomic E-state index is 11.5. The topological polar surface area (TPSA) is 64.6 Å².